The minimum Gasteiger partial charge on any atom is -0.383 e. The van der Waals surface area contributed by atoms with Gasteiger partial charge in [-0.25, -0.2) is 0 Å². The Bertz CT molecular complexity index is 1110. The van der Waals surface area contributed by atoms with E-state index in [4.69, 9.17) is 28.0 Å². The van der Waals surface area contributed by atoms with Gasteiger partial charge in [-0.3, -0.25) is 4.79 Å². The third kappa shape index (κ3) is 3.23. The molecule has 0 saturated heterocycles. The van der Waals surface area contributed by atoms with Gasteiger partial charge in [0.25, 0.3) is 0 Å². The lowest BCUT2D eigenvalue weighted by Gasteiger charge is -2.40. The molecule has 0 radical (unpaired) electrons. The molecule has 1 unspecified atom stereocenters. The van der Waals surface area contributed by atoms with Gasteiger partial charge < -0.3 is 4.84 Å². The molecule has 30 heavy (non-hydrogen) atoms. The van der Waals surface area contributed by atoms with Gasteiger partial charge in [0.1, 0.15) is 17.4 Å². The van der Waals surface area contributed by atoms with E-state index in [0.717, 1.165) is 16.7 Å². The molecule has 3 nitrogen and oxygen atoms in total. The van der Waals surface area contributed by atoms with Crippen LogP contribution in [0.15, 0.2) is 84.0 Å². The molecule has 150 valence electrons. The predicted octanol–water partition coefficient (Wildman–Crippen LogP) is 6.39. The van der Waals surface area contributed by atoms with Crippen LogP contribution in [0.1, 0.15) is 35.4 Å². The number of benzene rings is 3. The molecule has 1 heterocycles. The van der Waals surface area contributed by atoms with Crippen LogP contribution in [-0.2, 0) is 15.2 Å². The van der Waals surface area contributed by atoms with E-state index in [-0.39, 0.29) is 11.7 Å². The van der Waals surface area contributed by atoms with Crippen molar-refractivity contribution in [1.82, 2.24) is 0 Å². The predicted molar refractivity (Wildman–Crippen MR) is 119 cm³/mol. The molecular formula is C25H19Cl2NO2. The van der Waals surface area contributed by atoms with Gasteiger partial charge in [0, 0.05) is 28.5 Å². The van der Waals surface area contributed by atoms with Crippen molar-refractivity contribution in [3.8, 4) is 0 Å². The zero-order valence-corrected chi connectivity index (χ0v) is 17.6. The fraction of sp³-hybridized carbons (Fsp3) is 0.200. The SMILES string of the molecule is O=C1CC(c2ccc(Cl)cc2)C[C@@]2(c3ccc(Cl)cc3)ON=C(c3ccccc3)[C@H]12. The Morgan fingerprint density at radius 2 is 1.50 bits per heavy atom. The zero-order valence-electron chi connectivity index (χ0n) is 16.1. The van der Waals surface area contributed by atoms with Gasteiger partial charge in [0.05, 0.1) is 0 Å². The summed E-state index contributed by atoms with van der Waals surface area (Å²) >= 11 is 12.2. The van der Waals surface area contributed by atoms with E-state index in [1.54, 1.807) is 0 Å². The number of hydrogen-bond acceptors (Lipinski definition) is 3. The van der Waals surface area contributed by atoms with E-state index in [1.165, 1.54) is 0 Å². The molecule has 5 heteroatoms. The summed E-state index contributed by atoms with van der Waals surface area (Å²) in [7, 11) is 0. The normalized spacial score (nSPS) is 25.4. The highest BCUT2D eigenvalue weighted by Crippen LogP contribution is 2.52. The smallest absolute Gasteiger partial charge is 0.178 e. The van der Waals surface area contributed by atoms with Crippen LogP contribution in [0.5, 0.6) is 0 Å². The van der Waals surface area contributed by atoms with Crippen LogP contribution in [0.4, 0.5) is 0 Å². The van der Waals surface area contributed by atoms with E-state index >= 15 is 0 Å². The average molecular weight is 436 g/mol. The van der Waals surface area contributed by atoms with E-state index in [9.17, 15) is 4.79 Å². The molecule has 1 aliphatic heterocycles. The molecule has 0 bridgehead atoms. The first-order valence-electron chi connectivity index (χ1n) is 9.92. The monoisotopic (exact) mass is 435 g/mol. The highest BCUT2D eigenvalue weighted by Gasteiger charge is 2.58. The van der Waals surface area contributed by atoms with Gasteiger partial charge in [-0.2, -0.15) is 0 Å². The summed E-state index contributed by atoms with van der Waals surface area (Å²) in [6.45, 7) is 0. The number of Topliss-reactive ketones (excluding diaryl/α,β-unsaturated/α-hetero) is 1. The van der Waals surface area contributed by atoms with Gasteiger partial charge in [0.2, 0.25) is 0 Å². The van der Waals surface area contributed by atoms with Crippen molar-refractivity contribution < 1.29 is 9.63 Å². The molecule has 2 aliphatic rings. The highest BCUT2D eigenvalue weighted by atomic mass is 35.5. The van der Waals surface area contributed by atoms with Gasteiger partial charge in [-0.05, 0) is 41.3 Å². The first-order chi connectivity index (χ1) is 14.6. The van der Waals surface area contributed by atoms with Crippen molar-refractivity contribution in [1.29, 1.82) is 0 Å². The van der Waals surface area contributed by atoms with Crippen molar-refractivity contribution in [2.24, 2.45) is 11.1 Å². The summed E-state index contributed by atoms with van der Waals surface area (Å²) < 4.78 is 0. The molecule has 0 N–H and O–H groups in total. The second-order valence-corrected chi connectivity index (χ2v) is 8.76. The lowest BCUT2D eigenvalue weighted by molar-refractivity contribution is -0.138. The number of fused-ring (bicyclic) bond motifs is 1. The van der Waals surface area contributed by atoms with Crippen molar-refractivity contribution in [3.63, 3.8) is 0 Å². The Hall–Kier alpha value is -2.62. The van der Waals surface area contributed by atoms with Crippen LogP contribution < -0.4 is 0 Å². The molecule has 3 aromatic rings. The maximum Gasteiger partial charge on any atom is 0.178 e. The number of ketones is 1. The molecule has 1 aliphatic carbocycles. The van der Waals surface area contributed by atoms with E-state index in [2.05, 4.69) is 5.16 Å². The quantitative estimate of drug-likeness (QED) is 0.478. The van der Waals surface area contributed by atoms with Crippen LogP contribution in [0, 0.1) is 5.92 Å². The van der Waals surface area contributed by atoms with Crippen molar-refractivity contribution in [2.45, 2.75) is 24.4 Å². The van der Waals surface area contributed by atoms with Crippen molar-refractivity contribution >= 4 is 34.7 Å². The molecule has 3 aromatic carbocycles. The number of nitrogens with zero attached hydrogens (tertiary/aromatic N) is 1. The number of halogens is 2. The lowest BCUT2D eigenvalue weighted by Crippen LogP contribution is -2.47. The number of rotatable bonds is 3. The highest BCUT2D eigenvalue weighted by molar-refractivity contribution is 6.30. The molecule has 0 aromatic heterocycles. The molecule has 5 rings (SSSR count). The van der Waals surface area contributed by atoms with E-state index < -0.39 is 11.5 Å². The Kier molecular flexibility index (Phi) is 4.88. The Morgan fingerprint density at radius 1 is 0.867 bits per heavy atom. The zero-order chi connectivity index (χ0) is 20.7. The Morgan fingerprint density at radius 3 is 2.17 bits per heavy atom. The number of carbonyl (C=O) groups excluding carboxylic acids is 1. The maximum absolute atomic E-state index is 13.5. The molecule has 1 fully saturated rings. The van der Waals surface area contributed by atoms with Crippen LogP contribution in [0.25, 0.3) is 0 Å². The van der Waals surface area contributed by atoms with Crippen LogP contribution in [0.2, 0.25) is 10.0 Å². The standard InChI is InChI=1S/C25H19Cl2NO2/c26-20-10-6-16(7-11-20)18-14-22(29)23-24(17-4-2-1-3-5-17)28-30-25(23,15-18)19-8-12-21(27)13-9-19/h1-13,18,23H,14-15H2/t18?,23-,25-/m0/s1. The minimum atomic E-state index is -0.852. The topological polar surface area (TPSA) is 38.7 Å². The Labute approximate surface area is 185 Å². The molecule has 0 spiro atoms. The first kappa shape index (κ1) is 19.3. The molecule has 0 amide bonds. The summed E-state index contributed by atoms with van der Waals surface area (Å²) in [6.07, 6.45) is 1.09. The molecule has 1 saturated carbocycles. The number of oxime groups is 1. The molecular weight excluding hydrogens is 417 g/mol. The summed E-state index contributed by atoms with van der Waals surface area (Å²) in [5.41, 5.74) is 2.76. The van der Waals surface area contributed by atoms with Gasteiger partial charge in [0.15, 0.2) is 5.60 Å². The summed E-state index contributed by atoms with van der Waals surface area (Å²) in [5, 5.41) is 5.78. The fourth-order valence-corrected chi connectivity index (χ4v) is 4.94. The Balaban J connectivity index is 1.60. The van der Waals surface area contributed by atoms with Gasteiger partial charge in [-0.15, -0.1) is 0 Å². The third-order valence-electron chi connectivity index (χ3n) is 6.11. The largest absolute Gasteiger partial charge is 0.383 e. The van der Waals surface area contributed by atoms with Crippen LogP contribution in [0.3, 0.4) is 0 Å². The second kappa shape index (κ2) is 7.57. The van der Waals surface area contributed by atoms with Gasteiger partial charge in [-0.1, -0.05) is 83.0 Å². The average Bonchev–Trinajstić information content (AvgIpc) is 3.17. The van der Waals surface area contributed by atoms with E-state index in [1.807, 2.05) is 78.9 Å². The first-order valence-corrected chi connectivity index (χ1v) is 10.7. The number of hydrogen-bond donors (Lipinski definition) is 0. The summed E-state index contributed by atoms with van der Waals surface area (Å²) in [4.78, 5) is 19.7. The van der Waals surface area contributed by atoms with Crippen LogP contribution >= 0.6 is 23.2 Å². The lowest BCUT2D eigenvalue weighted by atomic mass is 9.63. The summed E-state index contributed by atoms with van der Waals surface area (Å²) in [5.74, 6) is -0.298. The second-order valence-electron chi connectivity index (χ2n) is 7.89. The fourth-order valence-electron chi connectivity index (χ4n) is 4.69. The summed E-state index contributed by atoms with van der Waals surface area (Å²) in [6, 6.07) is 25.1. The number of carbonyl (C=O) groups is 1. The van der Waals surface area contributed by atoms with E-state index in [0.29, 0.717) is 28.6 Å². The maximum atomic E-state index is 13.5. The van der Waals surface area contributed by atoms with Crippen LogP contribution in [-0.4, -0.2) is 11.5 Å². The molecule has 3 atom stereocenters. The third-order valence-corrected chi connectivity index (χ3v) is 6.61. The van der Waals surface area contributed by atoms with Crippen molar-refractivity contribution in [3.05, 3.63) is 106 Å². The van der Waals surface area contributed by atoms with Crippen molar-refractivity contribution in [2.75, 3.05) is 0 Å². The van der Waals surface area contributed by atoms with Gasteiger partial charge >= 0.3 is 0 Å². The minimum absolute atomic E-state index is 0.0204.